The molecule has 74 valence electrons. The van der Waals surface area contributed by atoms with E-state index in [1.165, 1.54) is 24.1 Å². The lowest BCUT2D eigenvalue weighted by molar-refractivity contribution is -0.136. The van der Waals surface area contributed by atoms with Gasteiger partial charge in [-0.25, -0.2) is 0 Å². The molecule has 0 spiro atoms. The topological polar surface area (TPSA) is 57.6 Å². The molecule has 0 fully saturated rings. The molecule has 1 amide bonds. The van der Waals surface area contributed by atoms with Crippen molar-refractivity contribution in [2.75, 3.05) is 7.05 Å². The number of carboxylic acid groups (broad SMARTS) is 1. The second-order valence-corrected chi connectivity index (χ2v) is 2.20. The van der Waals surface area contributed by atoms with Crippen LogP contribution in [0.15, 0.2) is 25.4 Å². The largest absolute Gasteiger partial charge is 0.481 e. The summed E-state index contributed by atoms with van der Waals surface area (Å²) in [6.07, 6.45) is 2.88. The number of hydrogen-bond donors (Lipinski definition) is 1. The third-order valence-electron chi connectivity index (χ3n) is 1.09. The molecule has 0 bridgehead atoms. The van der Waals surface area contributed by atoms with Crippen LogP contribution in [0.25, 0.3) is 0 Å². The lowest BCUT2D eigenvalue weighted by atomic mass is 10.4. The lowest BCUT2D eigenvalue weighted by Crippen LogP contribution is -2.15. The number of amides is 1. The fourth-order valence-electron chi connectivity index (χ4n) is 0.252. The van der Waals surface area contributed by atoms with Gasteiger partial charge in [-0.05, 0) is 6.20 Å². The van der Waals surface area contributed by atoms with Crippen LogP contribution in [0.2, 0.25) is 0 Å². The van der Waals surface area contributed by atoms with Gasteiger partial charge in [-0.2, -0.15) is 0 Å². The predicted molar refractivity (Wildman–Crippen MR) is 51.1 cm³/mol. The number of carbonyl (C=O) groups excluding carboxylic acids is 1. The Hall–Kier alpha value is -1.58. The highest BCUT2D eigenvalue weighted by molar-refractivity contribution is 5.73. The van der Waals surface area contributed by atoms with E-state index >= 15 is 0 Å². The maximum atomic E-state index is 10.2. The van der Waals surface area contributed by atoms with Gasteiger partial charge >= 0.3 is 5.97 Å². The van der Waals surface area contributed by atoms with Crippen LogP contribution in [0.1, 0.15) is 13.3 Å². The number of aliphatic carboxylic acids is 1. The Balaban J connectivity index is 0. The van der Waals surface area contributed by atoms with E-state index in [9.17, 15) is 9.59 Å². The molecule has 13 heavy (non-hydrogen) atoms. The quantitative estimate of drug-likeness (QED) is 0.673. The third-order valence-corrected chi connectivity index (χ3v) is 1.09. The average molecular weight is 185 g/mol. The van der Waals surface area contributed by atoms with Crippen molar-refractivity contribution in [1.29, 1.82) is 0 Å². The fraction of sp³-hybridized carbons (Fsp3) is 0.333. The highest BCUT2D eigenvalue weighted by Gasteiger charge is 1.90. The van der Waals surface area contributed by atoms with Gasteiger partial charge in [0.15, 0.2) is 0 Å². The molecule has 0 saturated heterocycles. The summed E-state index contributed by atoms with van der Waals surface area (Å²) in [5.41, 5.74) is 0. The van der Waals surface area contributed by atoms with E-state index in [1.54, 1.807) is 7.05 Å². The van der Waals surface area contributed by atoms with Crippen LogP contribution in [0, 0.1) is 0 Å². The van der Waals surface area contributed by atoms with Crippen molar-refractivity contribution in [3.8, 4) is 0 Å². The summed E-state index contributed by atoms with van der Waals surface area (Å²) in [7, 11) is 1.66. The van der Waals surface area contributed by atoms with Crippen molar-refractivity contribution in [3.05, 3.63) is 25.4 Å². The molecule has 0 heterocycles. The molecule has 0 atom stereocenters. The number of hydrogen-bond acceptors (Lipinski definition) is 2. The number of carbonyl (C=O) groups is 2. The molecule has 0 aliphatic heterocycles. The van der Waals surface area contributed by atoms with Gasteiger partial charge in [0.1, 0.15) is 0 Å². The van der Waals surface area contributed by atoms with Crippen molar-refractivity contribution < 1.29 is 14.7 Å². The molecular weight excluding hydrogens is 170 g/mol. The number of nitrogens with zero attached hydrogens (tertiary/aromatic N) is 1. The molecule has 0 aromatic heterocycles. The van der Waals surface area contributed by atoms with Crippen LogP contribution in [-0.2, 0) is 9.59 Å². The molecule has 0 unspecified atom stereocenters. The van der Waals surface area contributed by atoms with Gasteiger partial charge in [-0.15, -0.1) is 6.58 Å². The van der Waals surface area contributed by atoms with Gasteiger partial charge in [0, 0.05) is 14.0 Å². The summed E-state index contributed by atoms with van der Waals surface area (Å²) in [6, 6.07) is 0. The van der Waals surface area contributed by atoms with Crippen LogP contribution in [0.3, 0.4) is 0 Å². The second kappa shape index (κ2) is 8.52. The van der Waals surface area contributed by atoms with E-state index < -0.39 is 5.97 Å². The summed E-state index contributed by atoms with van der Waals surface area (Å²) in [5.74, 6) is -0.819. The molecular formula is C9H15NO3. The van der Waals surface area contributed by atoms with Crippen LogP contribution in [-0.4, -0.2) is 28.9 Å². The maximum absolute atomic E-state index is 10.2. The van der Waals surface area contributed by atoms with E-state index in [2.05, 4.69) is 13.2 Å². The van der Waals surface area contributed by atoms with Crippen LogP contribution in [0.4, 0.5) is 0 Å². The zero-order chi connectivity index (χ0) is 10.9. The van der Waals surface area contributed by atoms with Crippen LogP contribution < -0.4 is 0 Å². The summed E-state index contributed by atoms with van der Waals surface area (Å²) >= 11 is 0. The van der Waals surface area contributed by atoms with E-state index in [4.69, 9.17) is 5.11 Å². The summed E-state index contributed by atoms with van der Waals surface area (Å²) in [6.45, 7) is 8.09. The minimum atomic E-state index is -0.829. The normalized spacial score (nSPS) is 7.54. The predicted octanol–water partition coefficient (Wildman–Crippen LogP) is 1.26. The molecule has 0 radical (unpaired) electrons. The van der Waals surface area contributed by atoms with Crippen molar-refractivity contribution in [3.63, 3.8) is 0 Å². The molecule has 0 aromatic rings. The average Bonchev–Trinajstić information content (AvgIpc) is 2.03. The minimum absolute atomic E-state index is 0.00926. The Kier molecular flexibility index (Phi) is 9.15. The molecule has 0 rings (SSSR count). The highest BCUT2D eigenvalue weighted by Crippen LogP contribution is 1.79. The molecule has 0 aliphatic carbocycles. The monoisotopic (exact) mass is 185 g/mol. The summed E-state index contributed by atoms with van der Waals surface area (Å²) < 4.78 is 0. The molecule has 0 saturated carbocycles. The van der Waals surface area contributed by atoms with Crippen molar-refractivity contribution in [2.45, 2.75) is 13.3 Å². The van der Waals surface area contributed by atoms with Gasteiger partial charge in [-0.3, -0.25) is 9.59 Å². The minimum Gasteiger partial charge on any atom is -0.481 e. The number of carboxylic acids is 1. The first-order chi connectivity index (χ1) is 5.95. The molecule has 0 aliphatic rings. The third kappa shape index (κ3) is 13.4. The highest BCUT2D eigenvalue weighted by atomic mass is 16.4. The van der Waals surface area contributed by atoms with Gasteiger partial charge in [0.2, 0.25) is 5.91 Å². The van der Waals surface area contributed by atoms with E-state index in [1.807, 2.05) is 0 Å². The van der Waals surface area contributed by atoms with Crippen molar-refractivity contribution in [1.82, 2.24) is 4.90 Å². The molecule has 4 nitrogen and oxygen atoms in total. The standard InChI is InChI=1S/C5H9NO.C4H6O2/c1-4-6(3)5(2)7;1-2-3-4(5)6/h4H,1H2,2-3H3;2H,1,3H2,(H,5,6). The Bertz CT molecular complexity index is 199. The molecule has 1 N–H and O–H groups in total. The number of rotatable bonds is 3. The van der Waals surface area contributed by atoms with Gasteiger partial charge in [0.25, 0.3) is 0 Å². The molecule has 0 aromatic carbocycles. The smallest absolute Gasteiger partial charge is 0.307 e. The van der Waals surface area contributed by atoms with E-state index in [-0.39, 0.29) is 12.3 Å². The first-order valence-electron chi connectivity index (χ1n) is 3.64. The fourth-order valence-corrected chi connectivity index (χ4v) is 0.252. The van der Waals surface area contributed by atoms with Crippen molar-refractivity contribution >= 4 is 11.9 Å². The van der Waals surface area contributed by atoms with Crippen molar-refractivity contribution in [2.24, 2.45) is 0 Å². The lowest BCUT2D eigenvalue weighted by Gasteiger charge is -2.04. The Morgan fingerprint density at radius 3 is 1.92 bits per heavy atom. The van der Waals surface area contributed by atoms with E-state index in [0.717, 1.165) is 0 Å². The first kappa shape index (κ1) is 14.0. The van der Waals surface area contributed by atoms with Crippen LogP contribution in [0.5, 0.6) is 0 Å². The van der Waals surface area contributed by atoms with E-state index in [0.29, 0.717) is 0 Å². The Morgan fingerprint density at radius 2 is 1.92 bits per heavy atom. The Morgan fingerprint density at radius 1 is 1.46 bits per heavy atom. The summed E-state index contributed by atoms with van der Waals surface area (Å²) in [4.78, 5) is 21.2. The van der Waals surface area contributed by atoms with Gasteiger partial charge in [0.05, 0.1) is 6.42 Å². The first-order valence-corrected chi connectivity index (χ1v) is 3.64. The van der Waals surface area contributed by atoms with Crippen LogP contribution >= 0.6 is 0 Å². The van der Waals surface area contributed by atoms with Gasteiger partial charge < -0.3 is 10.0 Å². The zero-order valence-electron chi connectivity index (χ0n) is 7.99. The molecule has 4 heteroatoms. The zero-order valence-corrected chi connectivity index (χ0v) is 7.99. The second-order valence-electron chi connectivity index (χ2n) is 2.20. The maximum Gasteiger partial charge on any atom is 0.307 e. The summed E-state index contributed by atoms with van der Waals surface area (Å²) in [5, 5.41) is 7.84. The SMILES string of the molecule is C=CCC(=O)O.C=CN(C)C(C)=O. The Labute approximate surface area is 78.2 Å². The van der Waals surface area contributed by atoms with Gasteiger partial charge in [-0.1, -0.05) is 12.7 Å².